The number of hydrogen-bond acceptors (Lipinski definition) is 4. The molecule has 0 atom stereocenters. The van der Waals surface area contributed by atoms with Gasteiger partial charge in [-0.05, 0) is 54.4 Å². The Labute approximate surface area is 182 Å². The van der Waals surface area contributed by atoms with E-state index in [0.717, 1.165) is 16.9 Å². The van der Waals surface area contributed by atoms with E-state index in [1.54, 1.807) is 31.4 Å². The molecule has 160 valence electrons. The molecule has 0 fully saturated rings. The first-order valence-corrected chi connectivity index (χ1v) is 10.0. The molecule has 0 bridgehead atoms. The Balaban J connectivity index is 1.59. The molecule has 0 spiro atoms. The SMILES string of the molecule is COCCOc1ccc(CNC(=O)c2ccc(C)c(NC(=O)c3ccccc3)c2)cc1. The standard InChI is InChI=1S/C25H26N2O4/c1-18-8-11-21(16-23(18)27-25(29)20-6-4-3-5-7-20)24(28)26-17-19-9-12-22(13-10-19)31-15-14-30-2/h3-13,16H,14-15,17H2,1-2H3,(H,26,28)(H,27,29). The van der Waals surface area contributed by atoms with E-state index in [2.05, 4.69) is 10.6 Å². The number of methoxy groups -OCH3 is 1. The summed E-state index contributed by atoms with van der Waals surface area (Å²) in [6.45, 7) is 3.29. The molecule has 0 heterocycles. The lowest BCUT2D eigenvalue weighted by molar-refractivity contribution is 0.0949. The van der Waals surface area contributed by atoms with E-state index in [9.17, 15) is 9.59 Å². The fourth-order valence-corrected chi connectivity index (χ4v) is 2.91. The summed E-state index contributed by atoms with van der Waals surface area (Å²) in [6, 6.07) is 21.8. The molecular formula is C25H26N2O4. The van der Waals surface area contributed by atoms with Crippen LogP contribution in [0.25, 0.3) is 0 Å². The predicted molar refractivity (Wildman–Crippen MR) is 121 cm³/mol. The Morgan fingerprint density at radius 1 is 0.839 bits per heavy atom. The molecule has 0 aliphatic carbocycles. The summed E-state index contributed by atoms with van der Waals surface area (Å²) in [5.41, 5.74) is 3.49. The zero-order chi connectivity index (χ0) is 22.1. The number of carbonyl (C=O) groups excluding carboxylic acids is 2. The largest absolute Gasteiger partial charge is 0.491 e. The van der Waals surface area contributed by atoms with Crippen molar-refractivity contribution in [1.82, 2.24) is 5.32 Å². The van der Waals surface area contributed by atoms with Crippen molar-refractivity contribution in [1.29, 1.82) is 0 Å². The van der Waals surface area contributed by atoms with Crippen molar-refractivity contribution in [2.75, 3.05) is 25.6 Å². The van der Waals surface area contributed by atoms with Crippen molar-refractivity contribution < 1.29 is 19.1 Å². The van der Waals surface area contributed by atoms with Gasteiger partial charge in [-0.25, -0.2) is 0 Å². The van der Waals surface area contributed by atoms with Crippen LogP contribution in [0.3, 0.4) is 0 Å². The normalized spacial score (nSPS) is 10.4. The molecule has 3 rings (SSSR count). The third-order valence-corrected chi connectivity index (χ3v) is 4.72. The van der Waals surface area contributed by atoms with Crippen LogP contribution in [0.1, 0.15) is 31.8 Å². The van der Waals surface area contributed by atoms with E-state index in [4.69, 9.17) is 9.47 Å². The van der Waals surface area contributed by atoms with Gasteiger partial charge < -0.3 is 20.1 Å². The van der Waals surface area contributed by atoms with Crippen LogP contribution in [0.4, 0.5) is 5.69 Å². The number of hydrogen-bond donors (Lipinski definition) is 2. The highest BCUT2D eigenvalue weighted by Gasteiger charge is 2.11. The number of anilines is 1. The van der Waals surface area contributed by atoms with Crippen LogP contribution < -0.4 is 15.4 Å². The smallest absolute Gasteiger partial charge is 0.255 e. The van der Waals surface area contributed by atoms with Crippen molar-refractivity contribution in [2.24, 2.45) is 0 Å². The molecule has 2 N–H and O–H groups in total. The summed E-state index contributed by atoms with van der Waals surface area (Å²) in [4.78, 5) is 25.1. The van der Waals surface area contributed by atoms with Gasteiger partial charge in [0.1, 0.15) is 12.4 Å². The van der Waals surface area contributed by atoms with E-state index >= 15 is 0 Å². The van der Waals surface area contributed by atoms with Crippen LogP contribution in [0.2, 0.25) is 0 Å². The molecule has 0 unspecified atom stereocenters. The van der Waals surface area contributed by atoms with Gasteiger partial charge in [0.25, 0.3) is 11.8 Å². The topological polar surface area (TPSA) is 76.7 Å². The van der Waals surface area contributed by atoms with Crippen molar-refractivity contribution in [2.45, 2.75) is 13.5 Å². The second-order valence-electron chi connectivity index (χ2n) is 7.02. The monoisotopic (exact) mass is 418 g/mol. The zero-order valence-corrected chi connectivity index (χ0v) is 17.7. The quantitative estimate of drug-likeness (QED) is 0.511. The molecule has 0 radical (unpaired) electrons. The van der Waals surface area contributed by atoms with Crippen LogP contribution in [0, 0.1) is 6.92 Å². The fraction of sp³-hybridized carbons (Fsp3) is 0.200. The summed E-state index contributed by atoms with van der Waals surface area (Å²) < 4.78 is 10.5. The van der Waals surface area contributed by atoms with E-state index < -0.39 is 0 Å². The number of nitrogens with one attached hydrogen (secondary N) is 2. The van der Waals surface area contributed by atoms with Crippen molar-refractivity contribution >= 4 is 17.5 Å². The van der Waals surface area contributed by atoms with Crippen LogP contribution in [0.15, 0.2) is 72.8 Å². The highest BCUT2D eigenvalue weighted by atomic mass is 16.5. The van der Waals surface area contributed by atoms with Gasteiger partial charge in [0.05, 0.1) is 6.61 Å². The Morgan fingerprint density at radius 2 is 1.58 bits per heavy atom. The average molecular weight is 418 g/mol. The molecule has 0 saturated carbocycles. The number of rotatable bonds is 9. The molecule has 0 aromatic heterocycles. The lowest BCUT2D eigenvalue weighted by Gasteiger charge is -2.12. The molecule has 0 aliphatic rings. The van der Waals surface area contributed by atoms with Crippen LogP contribution in [-0.4, -0.2) is 32.1 Å². The minimum Gasteiger partial charge on any atom is -0.491 e. The number of carbonyl (C=O) groups is 2. The number of benzene rings is 3. The first-order valence-electron chi connectivity index (χ1n) is 10.0. The molecule has 3 aromatic rings. The van der Waals surface area contributed by atoms with E-state index in [1.165, 1.54) is 0 Å². The van der Waals surface area contributed by atoms with Gasteiger partial charge >= 0.3 is 0 Å². The number of aryl methyl sites for hydroxylation is 1. The molecule has 6 nitrogen and oxygen atoms in total. The van der Waals surface area contributed by atoms with Crippen LogP contribution >= 0.6 is 0 Å². The lowest BCUT2D eigenvalue weighted by Crippen LogP contribution is -2.23. The Kier molecular flexibility index (Phi) is 7.79. The van der Waals surface area contributed by atoms with Gasteiger partial charge in [-0.3, -0.25) is 9.59 Å². The number of amides is 2. The minimum absolute atomic E-state index is 0.212. The van der Waals surface area contributed by atoms with Gasteiger partial charge in [-0.1, -0.05) is 36.4 Å². The molecule has 6 heteroatoms. The van der Waals surface area contributed by atoms with E-state index in [-0.39, 0.29) is 11.8 Å². The molecule has 31 heavy (non-hydrogen) atoms. The highest BCUT2D eigenvalue weighted by Crippen LogP contribution is 2.18. The van der Waals surface area contributed by atoms with Gasteiger partial charge in [0.15, 0.2) is 0 Å². The van der Waals surface area contributed by atoms with Crippen molar-refractivity contribution in [3.8, 4) is 5.75 Å². The maximum Gasteiger partial charge on any atom is 0.255 e. The third-order valence-electron chi connectivity index (χ3n) is 4.72. The van der Waals surface area contributed by atoms with E-state index in [0.29, 0.717) is 36.6 Å². The molecule has 0 saturated heterocycles. The first kappa shape index (κ1) is 22.1. The first-order chi connectivity index (χ1) is 15.1. The predicted octanol–water partition coefficient (Wildman–Crippen LogP) is 4.20. The number of ether oxygens (including phenoxy) is 2. The fourth-order valence-electron chi connectivity index (χ4n) is 2.91. The highest BCUT2D eigenvalue weighted by molar-refractivity contribution is 6.05. The average Bonchev–Trinajstić information content (AvgIpc) is 2.80. The molecule has 0 aliphatic heterocycles. The Hall–Kier alpha value is -3.64. The third kappa shape index (κ3) is 6.42. The van der Waals surface area contributed by atoms with Crippen LogP contribution in [-0.2, 0) is 11.3 Å². The Bertz CT molecular complexity index is 1020. The van der Waals surface area contributed by atoms with Crippen molar-refractivity contribution in [3.05, 3.63) is 95.1 Å². The lowest BCUT2D eigenvalue weighted by atomic mass is 10.1. The second kappa shape index (κ2) is 10.9. The minimum atomic E-state index is -0.214. The van der Waals surface area contributed by atoms with Crippen molar-refractivity contribution in [3.63, 3.8) is 0 Å². The van der Waals surface area contributed by atoms with Gasteiger partial charge in [-0.2, -0.15) is 0 Å². The Morgan fingerprint density at radius 3 is 2.29 bits per heavy atom. The van der Waals surface area contributed by atoms with Gasteiger partial charge in [0, 0.05) is 30.5 Å². The molecular weight excluding hydrogens is 392 g/mol. The summed E-state index contributed by atoms with van der Waals surface area (Å²) >= 11 is 0. The zero-order valence-electron chi connectivity index (χ0n) is 17.7. The van der Waals surface area contributed by atoms with Crippen LogP contribution in [0.5, 0.6) is 5.75 Å². The van der Waals surface area contributed by atoms with Gasteiger partial charge in [0.2, 0.25) is 0 Å². The summed E-state index contributed by atoms with van der Waals surface area (Å²) in [6.07, 6.45) is 0. The summed E-state index contributed by atoms with van der Waals surface area (Å²) in [5, 5.41) is 5.79. The van der Waals surface area contributed by atoms with E-state index in [1.807, 2.05) is 55.5 Å². The summed E-state index contributed by atoms with van der Waals surface area (Å²) in [5.74, 6) is 0.328. The molecule has 3 aromatic carbocycles. The van der Waals surface area contributed by atoms with Gasteiger partial charge in [-0.15, -0.1) is 0 Å². The second-order valence-corrected chi connectivity index (χ2v) is 7.02. The molecule has 2 amide bonds. The summed E-state index contributed by atoms with van der Waals surface area (Å²) in [7, 11) is 1.63. The maximum absolute atomic E-state index is 12.6. The maximum atomic E-state index is 12.6.